The Hall–Kier alpha value is -0.870. The van der Waals surface area contributed by atoms with E-state index in [1.165, 1.54) is 6.42 Å². The van der Waals surface area contributed by atoms with E-state index in [1.54, 1.807) is 11.3 Å². The van der Waals surface area contributed by atoms with E-state index in [1.807, 2.05) is 16.8 Å². The highest BCUT2D eigenvalue weighted by atomic mass is 32.1. The summed E-state index contributed by atoms with van der Waals surface area (Å²) in [6, 6.07) is 1.97. The molecule has 1 fully saturated rings. The highest BCUT2D eigenvalue weighted by Gasteiger charge is 2.35. The first-order valence-electron chi connectivity index (χ1n) is 6.56. The second kappa shape index (κ2) is 5.85. The van der Waals surface area contributed by atoms with E-state index < -0.39 is 0 Å². The van der Waals surface area contributed by atoms with E-state index in [2.05, 4.69) is 12.2 Å². The van der Waals surface area contributed by atoms with Crippen LogP contribution in [0.2, 0.25) is 0 Å². The van der Waals surface area contributed by atoms with E-state index in [0.717, 1.165) is 24.8 Å². The van der Waals surface area contributed by atoms with E-state index in [9.17, 15) is 9.90 Å². The zero-order chi connectivity index (χ0) is 13.0. The molecule has 2 atom stereocenters. The van der Waals surface area contributed by atoms with Crippen molar-refractivity contribution >= 4 is 17.2 Å². The van der Waals surface area contributed by atoms with E-state index in [-0.39, 0.29) is 18.1 Å². The molecule has 0 radical (unpaired) electrons. The first-order chi connectivity index (χ1) is 8.63. The van der Waals surface area contributed by atoms with Gasteiger partial charge in [0, 0.05) is 0 Å². The minimum atomic E-state index is -0.384. The summed E-state index contributed by atoms with van der Waals surface area (Å²) < 4.78 is 0. The van der Waals surface area contributed by atoms with E-state index in [0.29, 0.717) is 12.3 Å². The highest BCUT2D eigenvalue weighted by Crippen LogP contribution is 2.32. The van der Waals surface area contributed by atoms with Gasteiger partial charge in [0.05, 0.1) is 18.6 Å². The normalized spacial score (nSPS) is 28.0. The number of aliphatic hydroxyl groups excluding tert-OH is 1. The van der Waals surface area contributed by atoms with Crippen LogP contribution in [-0.4, -0.2) is 23.2 Å². The van der Waals surface area contributed by atoms with Crippen molar-refractivity contribution in [2.75, 3.05) is 6.61 Å². The van der Waals surface area contributed by atoms with Crippen LogP contribution in [0.1, 0.15) is 38.2 Å². The average molecular weight is 267 g/mol. The SMILES string of the molecule is CC1CCCC(CO)(NC(=O)Cc2ccsc2)C1. The van der Waals surface area contributed by atoms with Crippen molar-refractivity contribution in [2.24, 2.45) is 5.92 Å². The van der Waals surface area contributed by atoms with Gasteiger partial charge in [0.2, 0.25) is 5.91 Å². The van der Waals surface area contributed by atoms with Crippen molar-refractivity contribution in [1.82, 2.24) is 5.32 Å². The lowest BCUT2D eigenvalue weighted by Gasteiger charge is -2.39. The fourth-order valence-electron chi connectivity index (χ4n) is 2.88. The van der Waals surface area contributed by atoms with Crippen molar-refractivity contribution in [3.8, 4) is 0 Å². The summed E-state index contributed by atoms with van der Waals surface area (Å²) in [5.41, 5.74) is 0.666. The molecule has 0 bridgehead atoms. The fraction of sp³-hybridized carbons (Fsp3) is 0.643. The minimum absolute atomic E-state index is 0.0246. The van der Waals surface area contributed by atoms with Crippen molar-refractivity contribution in [3.63, 3.8) is 0 Å². The van der Waals surface area contributed by atoms with Crippen molar-refractivity contribution < 1.29 is 9.90 Å². The van der Waals surface area contributed by atoms with Crippen LogP contribution in [-0.2, 0) is 11.2 Å². The van der Waals surface area contributed by atoms with Crippen molar-refractivity contribution in [2.45, 2.75) is 44.6 Å². The van der Waals surface area contributed by atoms with E-state index >= 15 is 0 Å². The van der Waals surface area contributed by atoms with Gasteiger partial charge in [-0.25, -0.2) is 0 Å². The molecule has 3 nitrogen and oxygen atoms in total. The molecule has 4 heteroatoms. The van der Waals surface area contributed by atoms with Gasteiger partial charge in [-0.1, -0.05) is 19.8 Å². The van der Waals surface area contributed by atoms with Gasteiger partial charge in [-0.15, -0.1) is 0 Å². The lowest BCUT2D eigenvalue weighted by atomic mass is 9.76. The number of hydrogen-bond donors (Lipinski definition) is 2. The van der Waals surface area contributed by atoms with Gasteiger partial charge in [0.15, 0.2) is 0 Å². The zero-order valence-corrected chi connectivity index (χ0v) is 11.6. The third-order valence-electron chi connectivity index (χ3n) is 3.74. The molecule has 2 unspecified atom stereocenters. The summed E-state index contributed by atoms with van der Waals surface area (Å²) in [5.74, 6) is 0.601. The number of amides is 1. The molecule has 1 amide bonds. The maximum atomic E-state index is 12.0. The molecule has 2 N–H and O–H groups in total. The Morgan fingerprint density at radius 3 is 3.11 bits per heavy atom. The van der Waals surface area contributed by atoms with Crippen LogP contribution in [0, 0.1) is 5.92 Å². The topological polar surface area (TPSA) is 49.3 Å². The molecule has 100 valence electrons. The summed E-state index contributed by atoms with van der Waals surface area (Å²) in [4.78, 5) is 12.0. The van der Waals surface area contributed by atoms with E-state index in [4.69, 9.17) is 0 Å². The van der Waals surface area contributed by atoms with Crippen molar-refractivity contribution in [3.05, 3.63) is 22.4 Å². The Kier molecular flexibility index (Phi) is 4.40. The number of thiophene rings is 1. The average Bonchev–Trinajstić information content (AvgIpc) is 2.81. The maximum Gasteiger partial charge on any atom is 0.224 e. The third kappa shape index (κ3) is 3.33. The van der Waals surface area contributed by atoms with Gasteiger partial charge in [-0.05, 0) is 41.1 Å². The highest BCUT2D eigenvalue weighted by molar-refractivity contribution is 7.07. The molecule has 1 aromatic heterocycles. The molecule has 1 heterocycles. The predicted octanol–water partition coefficient (Wildman–Crippen LogP) is 2.35. The lowest BCUT2D eigenvalue weighted by molar-refractivity contribution is -0.123. The molecule has 1 saturated carbocycles. The predicted molar refractivity (Wildman–Crippen MR) is 73.6 cm³/mol. The summed E-state index contributed by atoms with van der Waals surface area (Å²) in [5, 5.41) is 16.7. The van der Waals surface area contributed by atoms with Crippen LogP contribution in [0.25, 0.3) is 0 Å². The zero-order valence-electron chi connectivity index (χ0n) is 10.8. The molecule has 1 aliphatic rings. The number of hydrogen-bond acceptors (Lipinski definition) is 3. The molecule has 1 aliphatic carbocycles. The lowest BCUT2D eigenvalue weighted by Crippen LogP contribution is -2.54. The molecule has 0 aromatic carbocycles. The molecule has 0 saturated heterocycles. The molecule has 2 rings (SSSR count). The largest absolute Gasteiger partial charge is 0.394 e. The van der Waals surface area contributed by atoms with Gasteiger partial charge < -0.3 is 10.4 Å². The number of nitrogens with one attached hydrogen (secondary N) is 1. The monoisotopic (exact) mass is 267 g/mol. The van der Waals surface area contributed by atoms with Gasteiger partial charge in [-0.2, -0.15) is 11.3 Å². The summed E-state index contributed by atoms with van der Waals surface area (Å²) in [6.07, 6.45) is 4.48. The van der Waals surface area contributed by atoms with Crippen LogP contribution < -0.4 is 5.32 Å². The van der Waals surface area contributed by atoms with Crippen molar-refractivity contribution in [1.29, 1.82) is 0 Å². The summed E-state index contributed by atoms with van der Waals surface area (Å²) >= 11 is 1.60. The number of rotatable bonds is 4. The molecule has 1 aromatic rings. The minimum Gasteiger partial charge on any atom is -0.394 e. The first kappa shape index (κ1) is 13.6. The maximum absolute atomic E-state index is 12.0. The van der Waals surface area contributed by atoms with Crippen LogP contribution in [0.4, 0.5) is 0 Å². The summed E-state index contributed by atoms with van der Waals surface area (Å²) in [7, 11) is 0. The molecule has 18 heavy (non-hydrogen) atoms. The second-order valence-corrected chi connectivity index (χ2v) is 6.28. The molecular weight excluding hydrogens is 246 g/mol. The quantitative estimate of drug-likeness (QED) is 0.880. The molecular formula is C14H21NO2S. The molecule has 0 spiro atoms. The van der Waals surface area contributed by atoms with Crippen LogP contribution in [0.5, 0.6) is 0 Å². The first-order valence-corrected chi connectivity index (χ1v) is 7.51. The number of aliphatic hydroxyl groups is 1. The van der Waals surface area contributed by atoms with Gasteiger partial charge in [0.25, 0.3) is 0 Å². The summed E-state index contributed by atoms with van der Waals surface area (Å²) in [6.45, 7) is 2.24. The Morgan fingerprint density at radius 2 is 2.50 bits per heavy atom. The smallest absolute Gasteiger partial charge is 0.224 e. The van der Waals surface area contributed by atoms with Crippen LogP contribution in [0.3, 0.4) is 0 Å². The Balaban J connectivity index is 1.95. The van der Waals surface area contributed by atoms with Gasteiger partial charge >= 0.3 is 0 Å². The molecule has 0 aliphatic heterocycles. The second-order valence-electron chi connectivity index (χ2n) is 5.50. The number of carbonyl (C=O) groups is 1. The Bertz CT molecular complexity index is 391. The van der Waals surface area contributed by atoms with Gasteiger partial charge in [0.1, 0.15) is 0 Å². The Morgan fingerprint density at radius 1 is 1.67 bits per heavy atom. The number of carbonyl (C=O) groups excluding carboxylic acids is 1. The van der Waals surface area contributed by atoms with Crippen LogP contribution in [0.15, 0.2) is 16.8 Å². The van der Waals surface area contributed by atoms with Gasteiger partial charge in [-0.3, -0.25) is 4.79 Å². The Labute approximate surface area is 112 Å². The fourth-order valence-corrected chi connectivity index (χ4v) is 3.54. The third-order valence-corrected chi connectivity index (χ3v) is 4.48. The standard InChI is InChI=1S/C14H21NO2S/c1-11-3-2-5-14(8-11,10-16)15-13(17)7-12-4-6-18-9-12/h4,6,9,11,16H,2-3,5,7-8,10H2,1H3,(H,15,17). The van der Waals surface area contributed by atoms with Crippen LogP contribution >= 0.6 is 11.3 Å².